The maximum atomic E-state index is 8.69. The van der Waals surface area contributed by atoms with Crippen molar-refractivity contribution < 1.29 is 14.6 Å². The molecular formula is C12H25O3P. The first-order valence-electron chi connectivity index (χ1n) is 6.42. The Morgan fingerprint density at radius 1 is 1.12 bits per heavy atom. The first-order valence-corrected chi connectivity index (χ1v) is 7.09. The van der Waals surface area contributed by atoms with Gasteiger partial charge in [0.25, 0.3) is 0 Å². The molecule has 3 nitrogen and oxygen atoms in total. The highest BCUT2D eigenvalue weighted by molar-refractivity contribution is 7.17. The predicted molar refractivity (Wildman–Crippen MR) is 68.6 cm³/mol. The molecule has 96 valence electrons. The smallest absolute Gasteiger partial charge is 0.157 e. The summed E-state index contributed by atoms with van der Waals surface area (Å²) < 4.78 is 11.0. The Balaban J connectivity index is 1.92. The van der Waals surface area contributed by atoms with Crippen LogP contribution < -0.4 is 0 Å². The molecule has 16 heavy (non-hydrogen) atoms. The molecule has 2 unspecified atom stereocenters. The van der Waals surface area contributed by atoms with Crippen LogP contribution in [0.15, 0.2) is 0 Å². The highest BCUT2D eigenvalue weighted by Gasteiger charge is 2.14. The topological polar surface area (TPSA) is 38.7 Å². The fraction of sp³-hybridized carbons (Fsp3) is 1.00. The van der Waals surface area contributed by atoms with Gasteiger partial charge in [0, 0.05) is 6.61 Å². The van der Waals surface area contributed by atoms with Gasteiger partial charge < -0.3 is 14.6 Å². The molecule has 4 heteroatoms. The maximum absolute atomic E-state index is 8.69. The lowest BCUT2D eigenvalue weighted by Gasteiger charge is -2.23. The lowest BCUT2D eigenvalue weighted by Crippen LogP contribution is -2.24. The van der Waals surface area contributed by atoms with Gasteiger partial charge >= 0.3 is 0 Å². The van der Waals surface area contributed by atoms with Crippen LogP contribution >= 0.6 is 9.24 Å². The van der Waals surface area contributed by atoms with E-state index >= 15 is 0 Å². The van der Waals surface area contributed by atoms with Gasteiger partial charge in [-0.15, -0.1) is 9.24 Å². The van der Waals surface area contributed by atoms with Crippen molar-refractivity contribution in [3.8, 4) is 0 Å². The summed E-state index contributed by atoms with van der Waals surface area (Å²) in [6, 6.07) is 0. The number of hydrogen-bond acceptors (Lipinski definition) is 3. The average molecular weight is 248 g/mol. The Hall–Kier alpha value is 0.310. The van der Waals surface area contributed by atoms with Crippen LogP contribution in [0.3, 0.4) is 0 Å². The molecule has 0 bridgehead atoms. The van der Waals surface area contributed by atoms with E-state index in [1.54, 1.807) is 0 Å². The second kappa shape index (κ2) is 9.35. The largest absolute Gasteiger partial charge is 0.396 e. The number of aliphatic hydroxyl groups is 1. The molecule has 0 amide bonds. The maximum Gasteiger partial charge on any atom is 0.157 e. The van der Waals surface area contributed by atoms with Crippen LogP contribution in [0.1, 0.15) is 44.9 Å². The fourth-order valence-electron chi connectivity index (χ4n) is 1.91. The summed E-state index contributed by atoms with van der Waals surface area (Å²) in [7, 11) is 2.90. The van der Waals surface area contributed by atoms with E-state index in [-0.39, 0.29) is 6.29 Å². The quantitative estimate of drug-likeness (QED) is 0.529. The Morgan fingerprint density at radius 2 is 1.81 bits per heavy atom. The van der Waals surface area contributed by atoms with Crippen LogP contribution in [0.4, 0.5) is 0 Å². The van der Waals surface area contributed by atoms with Crippen molar-refractivity contribution >= 4 is 9.24 Å². The van der Waals surface area contributed by atoms with Gasteiger partial charge in [-0.05, 0) is 44.2 Å². The lowest BCUT2D eigenvalue weighted by molar-refractivity contribution is -0.181. The summed E-state index contributed by atoms with van der Waals surface area (Å²) in [5.41, 5.74) is 0.676. The van der Waals surface area contributed by atoms with Crippen molar-refractivity contribution in [3.05, 3.63) is 0 Å². The summed E-state index contributed by atoms with van der Waals surface area (Å²) in [4.78, 5) is 0. The molecule has 0 aliphatic carbocycles. The number of rotatable bonds is 8. The third-order valence-corrected chi connectivity index (χ3v) is 3.56. The van der Waals surface area contributed by atoms with Crippen LogP contribution in [0.5, 0.6) is 0 Å². The second-order valence-electron chi connectivity index (χ2n) is 4.44. The van der Waals surface area contributed by atoms with Crippen molar-refractivity contribution in [2.75, 3.05) is 19.8 Å². The SMILES string of the molecule is OCCCCC(P)CCCC1OCCCO1. The van der Waals surface area contributed by atoms with Crippen LogP contribution in [-0.2, 0) is 9.47 Å². The number of ether oxygens (including phenoxy) is 2. The molecule has 1 aliphatic heterocycles. The Morgan fingerprint density at radius 3 is 2.50 bits per heavy atom. The van der Waals surface area contributed by atoms with Gasteiger partial charge in [0.05, 0.1) is 13.2 Å². The molecule has 2 atom stereocenters. The minimum Gasteiger partial charge on any atom is -0.396 e. The third-order valence-electron chi connectivity index (χ3n) is 2.89. The van der Waals surface area contributed by atoms with Crippen molar-refractivity contribution in [2.45, 2.75) is 56.9 Å². The molecule has 1 heterocycles. The number of unbranched alkanes of at least 4 members (excludes halogenated alkanes) is 1. The van der Waals surface area contributed by atoms with E-state index < -0.39 is 0 Å². The van der Waals surface area contributed by atoms with Gasteiger partial charge in [-0.25, -0.2) is 0 Å². The lowest BCUT2D eigenvalue weighted by atomic mass is 10.1. The van der Waals surface area contributed by atoms with Crippen LogP contribution in [-0.4, -0.2) is 36.9 Å². The molecule has 0 aromatic carbocycles. The molecule has 0 radical (unpaired) electrons. The monoisotopic (exact) mass is 248 g/mol. The fourth-order valence-corrected chi connectivity index (χ4v) is 2.38. The summed E-state index contributed by atoms with van der Waals surface area (Å²) in [5.74, 6) is 0. The van der Waals surface area contributed by atoms with E-state index in [4.69, 9.17) is 14.6 Å². The number of hydrogen-bond donors (Lipinski definition) is 1. The van der Waals surface area contributed by atoms with Crippen molar-refractivity contribution in [1.29, 1.82) is 0 Å². The Bertz CT molecular complexity index is 160. The normalized spacial score (nSPS) is 19.9. The van der Waals surface area contributed by atoms with E-state index in [0.717, 1.165) is 45.3 Å². The molecule has 1 rings (SSSR count). The Kier molecular flexibility index (Phi) is 8.40. The second-order valence-corrected chi connectivity index (χ2v) is 5.38. The van der Waals surface area contributed by atoms with Crippen molar-refractivity contribution in [1.82, 2.24) is 0 Å². The average Bonchev–Trinajstić information content (AvgIpc) is 2.31. The number of aliphatic hydroxyl groups excluding tert-OH is 1. The van der Waals surface area contributed by atoms with Crippen LogP contribution in [0, 0.1) is 0 Å². The molecule has 1 saturated heterocycles. The van der Waals surface area contributed by atoms with Gasteiger partial charge in [-0.3, -0.25) is 0 Å². The van der Waals surface area contributed by atoms with Crippen LogP contribution in [0.2, 0.25) is 0 Å². The van der Waals surface area contributed by atoms with Crippen molar-refractivity contribution in [2.24, 2.45) is 0 Å². The Labute approximate surface area is 101 Å². The zero-order chi connectivity index (χ0) is 11.6. The highest BCUT2D eigenvalue weighted by atomic mass is 31.0. The third kappa shape index (κ3) is 6.80. The van der Waals surface area contributed by atoms with E-state index in [0.29, 0.717) is 12.3 Å². The summed E-state index contributed by atoms with van der Waals surface area (Å²) in [5, 5.41) is 8.69. The summed E-state index contributed by atoms with van der Waals surface area (Å²) in [6.07, 6.45) is 7.72. The molecule has 0 saturated carbocycles. The summed E-state index contributed by atoms with van der Waals surface area (Å²) in [6.45, 7) is 2.03. The zero-order valence-corrected chi connectivity index (χ0v) is 11.2. The molecule has 0 aromatic rings. The van der Waals surface area contributed by atoms with Gasteiger partial charge in [0.15, 0.2) is 6.29 Å². The zero-order valence-electron chi connectivity index (χ0n) is 10.1. The van der Waals surface area contributed by atoms with E-state index in [1.165, 1.54) is 12.8 Å². The molecule has 0 aromatic heterocycles. The van der Waals surface area contributed by atoms with Gasteiger partial charge in [-0.1, -0.05) is 6.42 Å². The highest BCUT2D eigenvalue weighted by Crippen LogP contribution is 2.19. The van der Waals surface area contributed by atoms with Gasteiger partial charge in [0.1, 0.15) is 0 Å². The summed E-state index contributed by atoms with van der Waals surface area (Å²) >= 11 is 0. The minimum absolute atomic E-state index is 0.0448. The standard InChI is InChI=1S/C12H25O3P/c13-8-2-1-5-11(16)6-3-7-12-14-9-4-10-15-12/h11-13H,1-10,16H2. The van der Waals surface area contributed by atoms with E-state index in [1.807, 2.05) is 0 Å². The van der Waals surface area contributed by atoms with Crippen molar-refractivity contribution in [3.63, 3.8) is 0 Å². The van der Waals surface area contributed by atoms with Gasteiger partial charge in [-0.2, -0.15) is 0 Å². The minimum atomic E-state index is 0.0448. The first kappa shape index (κ1) is 14.4. The van der Waals surface area contributed by atoms with E-state index in [9.17, 15) is 0 Å². The van der Waals surface area contributed by atoms with E-state index in [2.05, 4.69) is 9.24 Å². The molecule has 0 spiro atoms. The molecule has 1 N–H and O–H groups in total. The van der Waals surface area contributed by atoms with Gasteiger partial charge in [0.2, 0.25) is 0 Å². The van der Waals surface area contributed by atoms with Crippen LogP contribution in [0.25, 0.3) is 0 Å². The molecular weight excluding hydrogens is 223 g/mol. The first-order chi connectivity index (χ1) is 7.83. The predicted octanol–water partition coefficient (Wildman–Crippen LogP) is 2.33. The molecule has 1 aliphatic rings. The molecule has 1 fully saturated rings.